The summed E-state index contributed by atoms with van der Waals surface area (Å²) in [6.07, 6.45) is 1.75. The van der Waals surface area contributed by atoms with E-state index in [-0.39, 0.29) is 11.8 Å². The third-order valence-electron chi connectivity index (χ3n) is 4.45. The lowest BCUT2D eigenvalue weighted by molar-refractivity contribution is -0.121. The lowest BCUT2D eigenvalue weighted by Crippen LogP contribution is -2.38. The molecule has 3 rings (SSSR count). The summed E-state index contributed by atoms with van der Waals surface area (Å²) in [6.45, 7) is 4.77. The molecule has 1 N–H and O–H groups in total. The second-order valence-corrected chi connectivity index (χ2v) is 7.74. The van der Waals surface area contributed by atoms with Crippen LogP contribution in [0.5, 0.6) is 0 Å². The van der Waals surface area contributed by atoms with E-state index in [9.17, 15) is 4.79 Å². The van der Waals surface area contributed by atoms with E-state index in [1.54, 1.807) is 11.3 Å². The number of piperidine rings is 1. The molecule has 0 unspecified atom stereocenters. The molecule has 134 valence electrons. The summed E-state index contributed by atoms with van der Waals surface area (Å²) in [7, 11) is 3.88. The summed E-state index contributed by atoms with van der Waals surface area (Å²) in [5.41, 5.74) is 1.13. The number of thiazole rings is 1. The summed E-state index contributed by atoms with van der Waals surface area (Å²) < 4.78 is 0. The van der Waals surface area contributed by atoms with Gasteiger partial charge in [0.2, 0.25) is 5.91 Å². The number of pyridine rings is 1. The maximum Gasteiger partial charge on any atom is 0.228 e. The Kier molecular flexibility index (Phi) is 5.65. The molecule has 0 aliphatic carbocycles. The van der Waals surface area contributed by atoms with Crippen LogP contribution in [0.15, 0.2) is 23.6 Å². The zero-order valence-electron chi connectivity index (χ0n) is 15.0. The van der Waals surface area contributed by atoms with Gasteiger partial charge in [-0.1, -0.05) is 6.07 Å². The van der Waals surface area contributed by atoms with Gasteiger partial charge in [0.05, 0.1) is 10.7 Å². The van der Waals surface area contributed by atoms with E-state index in [2.05, 4.69) is 25.6 Å². The quantitative estimate of drug-likeness (QED) is 0.889. The Morgan fingerprint density at radius 2 is 2.08 bits per heavy atom. The molecule has 0 atom stereocenters. The van der Waals surface area contributed by atoms with Gasteiger partial charge in [-0.05, 0) is 45.0 Å². The fraction of sp³-hybridized carbons (Fsp3) is 0.500. The molecular weight excluding hydrogens is 334 g/mol. The van der Waals surface area contributed by atoms with Crippen molar-refractivity contribution in [2.45, 2.75) is 26.3 Å². The normalized spacial score (nSPS) is 16.0. The zero-order valence-corrected chi connectivity index (χ0v) is 15.8. The van der Waals surface area contributed by atoms with Crippen LogP contribution in [0.1, 0.15) is 23.5 Å². The molecule has 1 fully saturated rings. The lowest BCUT2D eigenvalue weighted by Gasteiger charge is -2.30. The molecule has 2 aromatic heterocycles. The van der Waals surface area contributed by atoms with Gasteiger partial charge in [-0.2, -0.15) is 0 Å². The Morgan fingerprint density at radius 3 is 2.72 bits per heavy atom. The van der Waals surface area contributed by atoms with Crippen molar-refractivity contribution in [1.29, 1.82) is 0 Å². The van der Waals surface area contributed by atoms with Crippen molar-refractivity contribution in [3.63, 3.8) is 0 Å². The van der Waals surface area contributed by atoms with Gasteiger partial charge in [-0.25, -0.2) is 9.97 Å². The molecule has 2 aromatic rings. The van der Waals surface area contributed by atoms with E-state index >= 15 is 0 Å². The van der Waals surface area contributed by atoms with Gasteiger partial charge in [0, 0.05) is 31.9 Å². The standard InChI is InChI=1S/C18H25N5OS/c1-13-19-15(12-25-13)11-23-9-7-14(8-10-23)18(24)21-16-5-4-6-17(20-16)22(2)3/h4-6,12,14H,7-11H2,1-3H3,(H,20,21,24). The van der Waals surface area contributed by atoms with Gasteiger partial charge >= 0.3 is 0 Å². The number of aryl methyl sites for hydroxylation is 1. The van der Waals surface area contributed by atoms with E-state index in [0.717, 1.165) is 49.0 Å². The van der Waals surface area contributed by atoms with Gasteiger partial charge in [-0.15, -0.1) is 11.3 Å². The minimum atomic E-state index is 0.0539. The van der Waals surface area contributed by atoms with Crippen LogP contribution in [0.25, 0.3) is 0 Å². The van der Waals surface area contributed by atoms with Crippen LogP contribution >= 0.6 is 11.3 Å². The first-order valence-electron chi connectivity index (χ1n) is 8.60. The van der Waals surface area contributed by atoms with Gasteiger partial charge in [0.25, 0.3) is 0 Å². The number of rotatable bonds is 5. The van der Waals surface area contributed by atoms with Crippen molar-refractivity contribution in [3.05, 3.63) is 34.3 Å². The molecule has 0 radical (unpaired) electrons. The number of carbonyl (C=O) groups is 1. The third kappa shape index (κ3) is 4.76. The number of nitrogens with zero attached hydrogens (tertiary/aromatic N) is 4. The summed E-state index contributed by atoms with van der Waals surface area (Å²) >= 11 is 1.69. The first kappa shape index (κ1) is 17.8. The van der Waals surface area contributed by atoms with E-state index in [1.807, 2.05) is 44.1 Å². The molecule has 1 saturated heterocycles. The Morgan fingerprint density at radius 1 is 1.32 bits per heavy atom. The maximum atomic E-state index is 12.5. The minimum absolute atomic E-state index is 0.0539. The first-order valence-corrected chi connectivity index (χ1v) is 9.48. The van der Waals surface area contributed by atoms with Crippen LogP contribution in [0, 0.1) is 12.8 Å². The van der Waals surface area contributed by atoms with Crippen LogP contribution in [0.3, 0.4) is 0 Å². The average Bonchev–Trinajstić information content (AvgIpc) is 3.00. The minimum Gasteiger partial charge on any atom is -0.363 e. The number of amides is 1. The van der Waals surface area contributed by atoms with Gasteiger partial charge in [0.15, 0.2) is 0 Å². The smallest absolute Gasteiger partial charge is 0.228 e. The molecule has 25 heavy (non-hydrogen) atoms. The van der Waals surface area contributed by atoms with Gasteiger partial charge in [0.1, 0.15) is 11.6 Å². The van der Waals surface area contributed by atoms with Gasteiger partial charge < -0.3 is 10.2 Å². The van der Waals surface area contributed by atoms with Gasteiger partial charge in [-0.3, -0.25) is 9.69 Å². The highest BCUT2D eigenvalue weighted by atomic mass is 32.1. The van der Waals surface area contributed by atoms with Crippen molar-refractivity contribution in [2.24, 2.45) is 5.92 Å². The maximum absolute atomic E-state index is 12.5. The van der Waals surface area contributed by atoms with Crippen molar-refractivity contribution < 1.29 is 4.79 Å². The summed E-state index contributed by atoms with van der Waals surface area (Å²) in [5, 5.41) is 6.20. The number of anilines is 2. The van der Waals surface area contributed by atoms with E-state index < -0.39 is 0 Å². The summed E-state index contributed by atoms with van der Waals surface area (Å²) in [4.78, 5) is 25.8. The summed E-state index contributed by atoms with van der Waals surface area (Å²) in [6, 6.07) is 5.68. The largest absolute Gasteiger partial charge is 0.363 e. The average molecular weight is 359 g/mol. The Bertz CT molecular complexity index is 722. The lowest BCUT2D eigenvalue weighted by atomic mass is 9.96. The molecule has 1 aliphatic heterocycles. The van der Waals surface area contributed by atoms with E-state index in [4.69, 9.17) is 0 Å². The van der Waals surface area contributed by atoms with E-state index in [1.165, 1.54) is 0 Å². The monoisotopic (exact) mass is 359 g/mol. The molecule has 7 heteroatoms. The van der Waals surface area contributed by atoms with Crippen LogP contribution in [0.4, 0.5) is 11.6 Å². The molecule has 3 heterocycles. The van der Waals surface area contributed by atoms with Crippen molar-refractivity contribution >= 4 is 28.9 Å². The molecule has 0 spiro atoms. The predicted molar refractivity (Wildman–Crippen MR) is 102 cm³/mol. The molecule has 1 amide bonds. The second-order valence-electron chi connectivity index (χ2n) is 6.67. The summed E-state index contributed by atoms with van der Waals surface area (Å²) in [5.74, 6) is 1.59. The van der Waals surface area contributed by atoms with Crippen molar-refractivity contribution in [1.82, 2.24) is 14.9 Å². The van der Waals surface area contributed by atoms with Crippen LogP contribution in [-0.4, -0.2) is 48.0 Å². The topological polar surface area (TPSA) is 61.4 Å². The zero-order chi connectivity index (χ0) is 17.8. The van der Waals surface area contributed by atoms with Crippen molar-refractivity contribution in [3.8, 4) is 0 Å². The molecule has 0 bridgehead atoms. The second kappa shape index (κ2) is 7.93. The number of likely N-dealkylation sites (tertiary alicyclic amines) is 1. The molecule has 0 aromatic carbocycles. The van der Waals surface area contributed by atoms with Crippen LogP contribution in [-0.2, 0) is 11.3 Å². The number of hydrogen-bond donors (Lipinski definition) is 1. The molecule has 0 saturated carbocycles. The molecular formula is C18H25N5OS. The van der Waals surface area contributed by atoms with Crippen molar-refractivity contribution in [2.75, 3.05) is 37.4 Å². The highest BCUT2D eigenvalue weighted by Gasteiger charge is 2.25. The fourth-order valence-corrected chi connectivity index (χ4v) is 3.64. The highest BCUT2D eigenvalue weighted by molar-refractivity contribution is 7.09. The molecule has 1 aliphatic rings. The molecule has 6 nitrogen and oxygen atoms in total. The van der Waals surface area contributed by atoms with E-state index in [0.29, 0.717) is 5.82 Å². The van der Waals surface area contributed by atoms with Crippen LogP contribution in [0.2, 0.25) is 0 Å². The Labute approximate surface area is 152 Å². The number of carbonyl (C=O) groups excluding carboxylic acids is 1. The highest BCUT2D eigenvalue weighted by Crippen LogP contribution is 2.21. The number of nitrogens with one attached hydrogen (secondary N) is 1. The van der Waals surface area contributed by atoms with Crippen LogP contribution < -0.4 is 10.2 Å². The predicted octanol–water partition coefficient (Wildman–Crippen LogP) is 2.76. The fourth-order valence-electron chi connectivity index (χ4n) is 3.03. The number of hydrogen-bond acceptors (Lipinski definition) is 6. The first-order chi connectivity index (χ1) is 12.0. The Hall–Kier alpha value is -1.99. The third-order valence-corrected chi connectivity index (χ3v) is 5.28. The number of aromatic nitrogens is 2. The Balaban J connectivity index is 1.50. The SMILES string of the molecule is Cc1nc(CN2CCC(C(=O)Nc3cccc(N(C)C)n3)CC2)cs1.